The molecule has 2 heterocycles. The summed E-state index contributed by atoms with van der Waals surface area (Å²) in [7, 11) is 1.71. The van der Waals surface area contributed by atoms with Crippen LogP contribution in [0.2, 0.25) is 0 Å². The van der Waals surface area contributed by atoms with Crippen LogP contribution in [-0.4, -0.2) is 41.8 Å². The van der Waals surface area contributed by atoms with Gasteiger partial charge in [-0.2, -0.15) is 0 Å². The lowest BCUT2D eigenvalue weighted by Gasteiger charge is -2.40. The van der Waals surface area contributed by atoms with Gasteiger partial charge in [-0.25, -0.2) is 4.39 Å². The van der Waals surface area contributed by atoms with Crippen molar-refractivity contribution in [2.45, 2.75) is 31.7 Å². The molecule has 2 aliphatic heterocycles. The molecule has 2 amide bonds. The van der Waals surface area contributed by atoms with Crippen LogP contribution in [0.15, 0.2) is 24.3 Å². The van der Waals surface area contributed by atoms with E-state index in [1.165, 1.54) is 12.1 Å². The zero-order chi connectivity index (χ0) is 15.7. The number of hydrogen-bond acceptors (Lipinski definition) is 2. The topological polar surface area (TPSA) is 40.6 Å². The van der Waals surface area contributed by atoms with Gasteiger partial charge in [0.1, 0.15) is 5.82 Å². The molecule has 2 aliphatic rings. The monoisotopic (exact) mass is 304 g/mol. The van der Waals surface area contributed by atoms with E-state index in [2.05, 4.69) is 0 Å². The van der Waals surface area contributed by atoms with E-state index in [1.807, 2.05) is 4.90 Å². The lowest BCUT2D eigenvalue weighted by molar-refractivity contribution is -0.146. The Labute approximate surface area is 129 Å². The third kappa shape index (κ3) is 2.72. The summed E-state index contributed by atoms with van der Waals surface area (Å²) in [6.45, 7) is 1.59. The fraction of sp³-hybridized carbons (Fsp3) is 0.529. The molecule has 3 rings (SSSR count). The molecular formula is C17H21FN2O2. The van der Waals surface area contributed by atoms with Crippen molar-refractivity contribution in [3.63, 3.8) is 0 Å². The van der Waals surface area contributed by atoms with Gasteiger partial charge in [0.25, 0.3) is 0 Å². The van der Waals surface area contributed by atoms with E-state index in [4.69, 9.17) is 0 Å². The van der Waals surface area contributed by atoms with Crippen LogP contribution in [0.5, 0.6) is 0 Å². The third-order valence-corrected chi connectivity index (χ3v) is 4.79. The van der Waals surface area contributed by atoms with Gasteiger partial charge in [-0.1, -0.05) is 12.1 Å². The maximum atomic E-state index is 13.6. The molecule has 2 atom stereocenters. The van der Waals surface area contributed by atoms with Crippen LogP contribution in [0.25, 0.3) is 0 Å². The summed E-state index contributed by atoms with van der Waals surface area (Å²) in [4.78, 5) is 28.4. The molecule has 0 aliphatic carbocycles. The van der Waals surface area contributed by atoms with Crippen LogP contribution in [0.3, 0.4) is 0 Å². The van der Waals surface area contributed by atoms with Gasteiger partial charge in [0.15, 0.2) is 0 Å². The summed E-state index contributed by atoms with van der Waals surface area (Å²) in [5, 5.41) is 0. The molecular weight excluding hydrogens is 283 g/mol. The molecule has 0 spiro atoms. The largest absolute Gasteiger partial charge is 0.342 e. The average Bonchev–Trinajstić information content (AvgIpc) is 3.03. The van der Waals surface area contributed by atoms with Crippen molar-refractivity contribution in [2.24, 2.45) is 5.92 Å². The van der Waals surface area contributed by atoms with Gasteiger partial charge in [-0.15, -0.1) is 0 Å². The standard InChI is InChI=1S/C17H21FN2O2/c1-19-15(21)8-7-14(17(22)20-9-2-3-10-20)16(19)12-5-4-6-13(18)11-12/h4-6,11,14,16H,2-3,7-10H2,1H3. The van der Waals surface area contributed by atoms with Crippen LogP contribution >= 0.6 is 0 Å². The Bertz CT molecular complexity index is 584. The van der Waals surface area contributed by atoms with E-state index < -0.39 is 0 Å². The van der Waals surface area contributed by atoms with Crippen molar-refractivity contribution < 1.29 is 14.0 Å². The number of carbonyl (C=O) groups is 2. The third-order valence-electron chi connectivity index (χ3n) is 4.79. The summed E-state index contributed by atoms with van der Waals surface area (Å²) in [6, 6.07) is 5.88. The molecule has 1 aromatic carbocycles. The highest BCUT2D eigenvalue weighted by molar-refractivity contribution is 5.85. The second-order valence-corrected chi connectivity index (χ2v) is 6.18. The summed E-state index contributed by atoms with van der Waals surface area (Å²) in [5.74, 6) is -0.496. The zero-order valence-electron chi connectivity index (χ0n) is 12.8. The first-order valence-electron chi connectivity index (χ1n) is 7.88. The fourth-order valence-corrected chi connectivity index (χ4v) is 3.62. The van der Waals surface area contributed by atoms with E-state index in [1.54, 1.807) is 24.1 Å². The molecule has 0 radical (unpaired) electrons. The Hall–Kier alpha value is -1.91. The SMILES string of the molecule is CN1C(=O)CCC(C(=O)N2CCCC2)C1c1cccc(F)c1. The lowest BCUT2D eigenvalue weighted by Crippen LogP contribution is -2.47. The number of rotatable bonds is 2. The van der Waals surface area contributed by atoms with Crippen LogP contribution in [-0.2, 0) is 9.59 Å². The van der Waals surface area contributed by atoms with Gasteiger partial charge in [0.2, 0.25) is 11.8 Å². The molecule has 0 aromatic heterocycles. The first-order chi connectivity index (χ1) is 10.6. The smallest absolute Gasteiger partial charge is 0.228 e. The predicted octanol–water partition coefficient (Wildman–Crippen LogP) is 2.36. The molecule has 4 nitrogen and oxygen atoms in total. The van der Waals surface area contributed by atoms with E-state index in [-0.39, 0.29) is 29.6 Å². The molecule has 0 N–H and O–H groups in total. The van der Waals surface area contributed by atoms with Gasteiger partial charge in [0, 0.05) is 26.6 Å². The maximum Gasteiger partial charge on any atom is 0.228 e. The molecule has 118 valence electrons. The molecule has 2 unspecified atom stereocenters. The van der Waals surface area contributed by atoms with Gasteiger partial charge in [0.05, 0.1) is 12.0 Å². The molecule has 0 bridgehead atoms. The number of benzene rings is 1. The van der Waals surface area contributed by atoms with Crippen molar-refractivity contribution in [1.29, 1.82) is 0 Å². The number of amides is 2. The Morgan fingerprint density at radius 3 is 2.68 bits per heavy atom. The van der Waals surface area contributed by atoms with Gasteiger partial charge in [-0.3, -0.25) is 9.59 Å². The highest BCUT2D eigenvalue weighted by Crippen LogP contribution is 2.37. The molecule has 1 aromatic rings. The normalized spacial score (nSPS) is 25.6. The van der Waals surface area contributed by atoms with Gasteiger partial charge >= 0.3 is 0 Å². The quantitative estimate of drug-likeness (QED) is 0.841. The number of nitrogens with zero attached hydrogens (tertiary/aromatic N) is 2. The molecule has 0 saturated carbocycles. The second kappa shape index (κ2) is 6.07. The molecule has 2 saturated heterocycles. The number of likely N-dealkylation sites (tertiary alicyclic amines) is 2. The minimum absolute atomic E-state index is 0.0136. The second-order valence-electron chi connectivity index (χ2n) is 6.18. The van der Waals surface area contributed by atoms with E-state index in [9.17, 15) is 14.0 Å². The van der Waals surface area contributed by atoms with Gasteiger partial charge in [-0.05, 0) is 37.0 Å². The highest BCUT2D eigenvalue weighted by atomic mass is 19.1. The summed E-state index contributed by atoms with van der Waals surface area (Å²) in [5.41, 5.74) is 0.702. The van der Waals surface area contributed by atoms with Crippen LogP contribution in [0, 0.1) is 11.7 Å². The van der Waals surface area contributed by atoms with Crippen molar-refractivity contribution in [3.05, 3.63) is 35.6 Å². The number of carbonyl (C=O) groups excluding carboxylic acids is 2. The van der Waals surface area contributed by atoms with E-state index >= 15 is 0 Å². The van der Waals surface area contributed by atoms with Crippen molar-refractivity contribution in [3.8, 4) is 0 Å². The minimum atomic E-state index is -0.370. The molecule has 22 heavy (non-hydrogen) atoms. The Kier molecular flexibility index (Phi) is 4.14. The van der Waals surface area contributed by atoms with Crippen LogP contribution < -0.4 is 0 Å². The number of hydrogen-bond donors (Lipinski definition) is 0. The van der Waals surface area contributed by atoms with Crippen LogP contribution in [0.1, 0.15) is 37.3 Å². The lowest BCUT2D eigenvalue weighted by atomic mass is 9.83. The summed E-state index contributed by atoms with van der Waals surface area (Å²) >= 11 is 0. The summed E-state index contributed by atoms with van der Waals surface area (Å²) in [6.07, 6.45) is 3.00. The van der Waals surface area contributed by atoms with Crippen molar-refractivity contribution in [1.82, 2.24) is 9.80 Å². The highest BCUT2D eigenvalue weighted by Gasteiger charge is 2.41. The van der Waals surface area contributed by atoms with E-state index in [0.29, 0.717) is 18.4 Å². The fourth-order valence-electron chi connectivity index (χ4n) is 3.62. The van der Waals surface area contributed by atoms with E-state index in [0.717, 1.165) is 25.9 Å². The van der Waals surface area contributed by atoms with Gasteiger partial charge < -0.3 is 9.80 Å². The number of halogens is 1. The molecule has 2 fully saturated rings. The van der Waals surface area contributed by atoms with Crippen LogP contribution in [0.4, 0.5) is 4.39 Å². The summed E-state index contributed by atoms with van der Waals surface area (Å²) < 4.78 is 13.6. The minimum Gasteiger partial charge on any atom is -0.342 e. The Morgan fingerprint density at radius 2 is 2.00 bits per heavy atom. The Balaban J connectivity index is 1.92. The zero-order valence-corrected chi connectivity index (χ0v) is 12.8. The molecule has 5 heteroatoms. The number of piperidine rings is 1. The maximum absolute atomic E-state index is 13.6. The first-order valence-corrected chi connectivity index (χ1v) is 7.88. The predicted molar refractivity (Wildman–Crippen MR) is 80.4 cm³/mol. The van der Waals surface area contributed by atoms with Crippen molar-refractivity contribution >= 4 is 11.8 Å². The first kappa shape index (κ1) is 15.0. The average molecular weight is 304 g/mol. The van der Waals surface area contributed by atoms with Crippen molar-refractivity contribution in [2.75, 3.05) is 20.1 Å². The Morgan fingerprint density at radius 1 is 1.27 bits per heavy atom.